The highest BCUT2D eigenvalue weighted by atomic mass is 31.2. The molecule has 0 radical (unpaired) electrons. The van der Waals surface area contributed by atoms with Crippen LogP contribution in [0, 0.1) is 0 Å². The van der Waals surface area contributed by atoms with Crippen LogP contribution in [-0.2, 0) is 18.4 Å². The first-order chi connectivity index (χ1) is 21.0. The van der Waals surface area contributed by atoms with Crippen LogP contribution < -0.4 is 10.2 Å². The van der Waals surface area contributed by atoms with E-state index in [-0.39, 0.29) is 12.5 Å². The molecule has 0 saturated heterocycles. The highest BCUT2D eigenvalue weighted by molar-refractivity contribution is 7.45. The number of phosphoric acid groups is 1. The summed E-state index contributed by atoms with van der Waals surface area (Å²) in [6.45, 7) is 4.55. The van der Waals surface area contributed by atoms with Crippen LogP contribution in [0.1, 0.15) is 142 Å². The molecule has 0 aromatic rings. The summed E-state index contributed by atoms with van der Waals surface area (Å²) in [5.74, 6) is -0.219. The van der Waals surface area contributed by atoms with E-state index in [2.05, 4.69) is 25.2 Å². The molecule has 0 bridgehead atoms. The van der Waals surface area contributed by atoms with Gasteiger partial charge in [0.15, 0.2) is 0 Å². The van der Waals surface area contributed by atoms with Crippen molar-refractivity contribution in [2.24, 2.45) is 0 Å². The number of quaternary nitrogens is 1. The summed E-state index contributed by atoms with van der Waals surface area (Å²) in [5, 5.41) is 13.6. The number of rotatable bonds is 31. The van der Waals surface area contributed by atoms with Gasteiger partial charge in [0.05, 0.1) is 39.9 Å². The molecule has 0 saturated carbocycles. The third-order valence-electron chi connectivity index (χ3n) is 7.72. The summed E-state index contributed by atoms with van der Waals surface area (Å²) in [6, 6.07) is -0.910. The molecule has 9 heteroatoms. The molecule has 0 aromatic heterocycles. The first-order valence-corrected chi connectivity index (χ1v) is 19.2. The van der Waals surface area contributed by atoms with Crippen LogP contribution in [-0.4, -0.2) is 68.5 Å². The first-order valence-electron chi connectivity index (χ1n) is 17.7. The van der Waals surface area contributed by atoms with Gasteiger partial charge in [-0.2, -0.15) is 0 Å². The Morgan fingerprint density at radius 3 is 1.82 bits per heavy atom. The zero-order chi connectivity index (χ0) is 32.9. The second-order valence-corrected chi connectivity index (χ2v) is 14.7. The van der Waals surface area contributed by atoms with E-state index in [0.717, 1.165) is 32.1 Å². The van der Waals surface area contributed by atoms with Gasteiger partial charge in [-0.1, -0.05) is 141 Å². The average molecular weight is 645 g/mol. The highest BCUT2D eigenvalue weighted by Crippen LogP contribution is 2.38. The number of hydrogen-bond acceptors (Lipinski definition) is 6. The molecule has 2 N–H and O–H groups in total. The lowest BCUT2D eigenvalue weighted by molar-refractivity contribution is -0.870. The summed E-state index contributed by atoms with van der Waals surface area (Å²) in [6.07, 6.45) is 29.4. The smallest absolute Gasteiger partial charge is 0.268 e. The van der Waals surface area contributed by atoms with Gasteiger partial charge in [-0.15, -0.1) is 0 Å². The second-order valence-electron chi connectivity index (χ2n) is 13.3. The van der Waals surface area contributed by atoms with Crippen LogP contribution in [0.3, 0.4) is 0 Å². The number of unbranched alkanes of at least 4 members (excludes halogenated alkanes) is 17. The number of phosphoric ester groups is 1. The highest BCUT2D eigenvalue weighted by Gasteiger charge is 2.23. The van der Waals surface area contributed by atoms with Crippen LogP contribution in [0.15, 0.2) is 24.3 Å². The first kappa shape index (κ1) is 43.0. The Hall–Kier alpha value is -1.02. The Balaban J connectivity index is 4.67. The Labute approximate surface area is 271 Å². The van der Waals surface area contributed by atoms with Gasteiger partial charge in [0.1, 0.15) is 13.2 Å². The van der Waals surface area contributed by atoms with E-state index in [9.17, 15) is 19.4 Å². The van der Waals surface area contributed by atoms with Gasteiger partial charge >= 0.3 is 0 Å². The van der Waals surface area contributed by atoms with E-state index in [1.165, 1.54) is 89.9 Å². The quantitative estimate of drug-likeness (QED) is 0.0343. The standard InChI is InChI=1S/C35H69N2O6P/c1-6-8-10-12-14-16-18-20-22-24-26-28-34(38)33(32-43-44(40,41)42-31-30-37(3,4)5)36-35(39)29-27-25-23-21-19-17-15-13-11-9-7-2/h22,24,26,28,33-34,38H,6-21,23,25,27,29-32H2,1-5H3,(H-,36,39,40,41)/b24-22+,28-26+/t33-,34+/m0/s1. The molecule has 1 unspecified atom stereocenters. The van der Waals surface area contributed by atoms with Crippen molar-refractivity contribution < 1.29 is 32.9 Å². The van der Waals surface area contributed by atoms with Crippen LogP contribution >= 0.6 is 7.82 Å². The maximum atomic E-state index is 12.7. The maximum absolute atomic E-state index is 12.7. The topological polar surface area (TPSA) is 108 Å². The summed E-state index contributed by atoms with van der Waals surface area (Å²) in [7, 11) is 1.23. The fourth-order valence-corrected chi connectivity index (χ4v) is 5.52. The number of carbonyl (C=O) groups is 1. The van der Waals surface area contributed by atoms with Crippen molar-refractivity contribution >= 4 is 13.7 Å². The molecule has 0 aliphatic heterocycles. The Morgan fingerprint density at radius 2 is 1.30 bits per heavy atom. The Bertz CT molecular complexity index is 784. The number of aliphatic hydroxyl groups excluding tert-OH is 1. The summed E-state index contributed by atoms with van der Waals surface area (Å²) < 4.78 is 23.0. The Morgan fingerprint density at radius 1 is 0.795 bits per heavy atom. The molecular formula is C35H69N2O6P. The van der Waals surface area contributed by atoms with E-state index in [4.69, 9.17) is 9.05 Å². The van der Waals surface area contributed by atoms with Crippen LogP contribution in [0.2, 0.25) is 0 Å². The minimum atomic E-state index is -4.58. The normalized spacial score (nSPS) is 15.2. The SMILES string of the molecule is CCCCCCCCC/C=C/C=C/[C@@H](O)[C@H](COP(=O)([O-])OCC[N+](C)(C)C)NC(=O)CCCCCCCCCCCCC. The lowest BCUT2D eigenvalue weighted by atomic mass is 10.0. The molecule has 0 spiro atoms. The van der Waals surface area contributed by atoms with Gasteiger partial charge in [0, 0.05) is 6.42 Å². The molecule has 0 fully saturated rings. The number of amides is 1. The number of aliphatic hydroxyl groups is 1. The van der Waals surface area contributed by atoms with Gasteiger partial charge in [-0.25, -0.2) is 0 Å². The molecular weight excluding hydrogens is 575 g/mol. The van der Waals surface area contributed by atoms with E-state index in [0.29, 0.717) is 17.4 Å². The molecule has 3 atom stereocenters. The van der Waals surface area contributed by atoms with Gasteiger partial charge in [0.2, 0.25) is 5.91 Å². The number of hydrogen-bond donors (Lipinski definition) is 2. The van der Waals surface area contributed by atoms with Crippen molar-refractivity contribution in [3.63, 3.8) is 0 Å². The fourth-order valence-electron chi connectivity index (χ4n) is 4.80. The van der Waals surface area contributed by atoms with Crippen molar-refractivity contribution in [1.29, 1.82) is 0 Å². The third-order valence-corrected chi connectivity index (χ3v) is 8.68. The molecule has 260 valence electrons. The number of likely N-dealkylation sites (N-methyl/N-ethyl adjacent to an activating group) is 1. The van der Waals surface area contributed by atoms with E-state index >= 15 is 0 Å². The van der Waals surface area contributed by atoms with Crippen molar-refractivity contribution in [2.45, 2.75) is 154 Å². The minimum Gasteiger partial charge on any atom is -0.756 e. The molecule has 0 rings (SSSR count). The van der Waals surface area contributed by atoms with E-state index in [1.807, 2.05) is 27.2 Å². The van der Waals surface area contributed by atoms with Crippen molar-refractivity contribution in [2.75, 3.05) is 40.9 Å². The van der Waals surface area contributed by atoms with Gasteiger partial charge < -0.3 is 28.8 Å². The molecule has 0 aromatic carbocycles. The maximum Gasteiger partial charge on any atom is 0.268 e. The number of nitrogens with zero attached hydrogens (tertiary/aromatic N) is 1. The van der Waals surface area contributed by atoms with Crippen LogP contribution in [0.25, 0.3) is 0 Å². The van der Waals surface area contributed by atoms with Crippen LogP contribution in [0.5, 0.6) is 0 Å². The van der Waals surface area contributed by atoms with Gasteiger partial charge in [-0.05, 0) is 19.3 Å². The molecule has 0 heterocycles. The lowest BCUT2D eigenvalue weighted by Gasteiger charge is -2.29. The minimum absolute atomic E-state index is 0.00779. The molecule has 44 heavy (non-hydrogen) atoms. The fraction of sp³-hybridized carbons (Fsp3) is 0.857. The lowest BCUT2D eigenvalue weighted by Crippen LogP contribution is -2.45. The van der Waals surface area contributed by atoms with Gasteiger partial charge in [0.25, 0.3) is 7.82 Å². The second kappa shape index (κ2) is 28.2. The predicted octanol–water partition coefficient (Wildman–Crippen LogP) is 7.99. The number of nitrogens with one attached hydrogen (secondary N) is 1. The zero-order valence-corrected chi connectivity index (χ0v) is 30.0. The Kier molecular flexibility index (Phi) is 27.6. The number of allylic oxidation sites excluding steroid dienone is 3. The largest absolute Gasteiger partial charge is 0.756 e. The molecule has 0 aliphatic carbocycles. The average Bonchev–Trinajstić information content (AvgIpc) is 2.95. The van der Waals surface area contributed by atoms with E-state index in [1.54, 1.807) is 12.2 Å². The molecule has 0 aliphatic rings. The summed E-state index contributed by atoms with van der Waals surface area (Å²) >= 11 is 0. The van der Waals surface area contributed by atoms with Crippen LogP contribution in [0.4, 0.5) is 0 Å². The molecule has 8 nitrogen and oxygen atoms in total. The van der Waals surface area contributed by atoms with E-state index < -0.39 is 26.6 Å². The van der Waals surface area contributed by atoms with Crippen molar-refractivity contribution in [3.05, 3.63) is 24.3 Å². The van der Waals surface area contributed by atoms with Crippen molar-refractivity contribution in [1.82, 2.24) is 5.32 Å². The van der Waals surface area contributed by atoms with Crippen molar-refractivity contribution in [3.8, 4) is 0 Å². The summed E-state index contributed by atoms with van der Waals surface area (Å²) in [5.41, 5.74) is 0. The monoisotopic (exact) mass is 644 g/mol. The predicted molar refractivity (Wildman–Crippen MR) is 182 cm³/mol. The third kappa shape index (κ3) is 29.7. The molecule has 1 amide bonds. The zero-order valence-electron chi connectivity index (χ0n) is 29.1. The van der Waals surface area contributed by atoms with Gasteiger partial charge in [-0.3, -0.25) is 9.36 Å². The number of carbonyl (C=O) groups excluding carboxylic acids is 1. The summed E-state index contributed by atoms with van der Waals surface area (Å²) in [4.78, 5) is 25.0.